The van der Waals surface area contributed by atoms with E-state index in [1.165, 1.54) is 44.2 Å². The molecule has 0 heterocycles. The molecule has 100 valence electrons. The molecule has 0 atom stereocenters. The molecule has 2 nitrogen and oxygen atoms in total. The number of hydrogen-bond donors (Lipinski definition) is 2. The van der Waals surface area contributed by atoms with E-state index in [1.54, 1.807) is 0 Å². The monoisotopic (exact) mass is 246 g/mol. The maximum atomic E-state index is 5.77. The topological polar surface area (TPSA) is 38.0 Å². The lowest BCUT2D eigenvalue weighted by Crippen LogP contribution is -2.25. The number of nitrogens with one attached hydrogen (secondary N) is 1. The van der Waals surface area contributed by atoms with Crippen LogP contribution >= 0.6 is 0 Å². The van der Waals surface area contributed by atoms with Gasteiger partial charge in [-0.2, -0.15) is 0 Å². The second-order valence-electron chi connectivity index (χ2n) is 5.78. The van der Waals surface area contributed by atoms with Gasteiger partial charge in [-0.15, -0.1) is 0 Å². The summed E-state index contributed by atoms with van der Waals surface area (Å²) in [6.07, 6.45) is 7.91. The third-order valence-corrected chi connectivity index (χ3v) is 4.01. The summed E-state index contributed by atoms with van der Waals surface area (Å²) in [5.41, 5.74) is 8.67. The van der Waals surface area contributed by atoms with E-state index in [0.29, 0.717) is 5.41 Å². The first kappa shape index (κ1) is 13.4. The largest absolute Gasteiger partial charge is 0.399 e. The average molecular weight is 246 g/mol. The molecular weight excluding hydrogens is 220 g/mol. The van der Waals surface area contributed by atoms with E-state index in [1.807, 2.05) is 12.1 Å². The van der Waals surface area contributed by atoms with Gasteiger partial charge in [-0.3, -0.25) is 0 Å². The smallest absolute Gasteiger partial charge is 0.0316 e. The minimum Gasteiger partial charge on any atom is -0.399 e. The summed E-state index contributed by atoms with van der Waals surface area (Å²) in [4.78, 5) is 0. The third-order valence-electron chi connectivity index (χ3n) is 4.01. The van der Waals surface area contributed by atoms with Gasteiger partial charge in [-0.1, -0.05) is 25.5 Å². The standard InChI is InChI=1S/C16H26N2/c1-2-8-16(9-10-16)13-18-11-4-6-14-5-3-7-15(17)12-14/h3,5,7,12,18H,2,4,6,8-11,13,17H2,1H3. The van der Waals surface area contributed by atoms with Crippen LogP contribution in [0, 0.1) is 5.41 Å². The fourth-order valence-electron chi connectivity index (χ4n) is 2.74. The Morgan fingerprint density at radius 3 is 2.83 bits per heavy atom. The summed E-state index contributed by atoms with van der Waals surface area (Å²) in [5.74, 6) is 0. The van der Waals surface area contributed by atoms with Crippen molar-refractivity contribution in [2.45, 2.75) is 45.4 Å². The summed E-state index contributed by atoms with van der Waals surface area (Å²) in [7, 11) is 0. The van der Waals surface area contributed by atoms with Gasteiger partial charge in [0.15, 0.2) is 0 Å². The van der Waals surface area contributed by atoms with Crippen molar-refractivity contribution in [2.24, 2.45) is 5.41 Å². The highest BCUT2D eigenvalue weighted by molar-refractivity contribution is 5.40. The van der Waals surface area contributed by atoms with E-state index >= 15 is 0 Å². The molecule has 0 amide bonds. The number of anilines is 1. The molecule has 0 aromatic heterocycles. The highest BCUT2D eigenvalue weighted by Gasteiger charge is 2.40. The molecule has 0 aliphatic heterocycles. The third kappa shape index (κ3) is 4.02. The van der Waals surface area contributed by atoms with Crippen molar-refractivity contribution < 1.29 is 0 Å². The number of nitrogen functional groups attached to an aromatic ring is 1. The molecule has 0 radical (unpaired) electrons. The van der Waals surface area contributed by atoms with E-state index in [9.17, 15) is 0 Å². The molecule has 1 aliphatic carbocycles. The fraction of sp³-hybridized carbons (Fsp3) is 0.625. The van der Waals surface area contributed by atoms with Crippen molar-refractivity contribution in [1.82, 2.24) is 5.32 Å². The van der Waals surface area contributed by atoms with Gasteiger partial charge in [0.05, 0.1) is 0 Å². The maximum Gasteiger partial charge on any atom is 0.0316 e. The lowest BCUT2D eigenvalue weighted by atomic mass is 10.0. The van der Waals surface area contributed by atoms with Crippen molar-refractivity contribution in [3.05, 3.63) is 29.8 Å². The summed E-state index contributed by atoms with van der Waals surface area (Å²) in [6, 6.07) is 8.23. The molecule has 0 unspecified atom stereocenters. The van der Waals surface area contributed by atoms with Gasteiger partial charge in [-0.25, -0.2) is 0 Å². The van der Waals surface area contributed by atoms with Crippen LogP contribution < -0.4 is 11.1 Å². The van der Waals surface area contributed by atoms with Crippen molar-refractivity contribution in [3.63, 3.8) is 0 Å². The minimum absolute atomic E-state index is 0.673. The number of aryl methyl sites for hydroxylation is 1. The van der Waals surface area contributed by atoms with Gasteiger partial charge in [0.25, 0.3) is 0 Å². The predicted molar refractivity (Wildman–Crippen MR) is 78.6 cm³/mol. The molecule has 0 spiro atoms. The summed E-state index contributed by atoms with van der Waals surface area (Å²) in [6.45, 7) is 4.64. The fourth-order valence-corrected chi connectivity index (χ4v) is 2.74. The first-order valence-corrected chi connectivity index (χ1v) is 7.29. The summed E-state index contributed by atoms with van der Waals surface area (Å²) >= 11 is 0. The van der Waals surface area contributed by atoms with Gasteiger partial charge in [0.1, 0.15) is 0 Å². The molecule has 2 heteroatoms. The average Bonchev–Trinajstić information content (AvgIpc) is 3.09. The minimum atomic E-state index is 0.673. The zero-order valence-corrected chi connectivity index (χ0v) is 11.5. The normalized spacial score (nSPS) is 16.7. The zero-order valence-electron chi connectivity index (χ0n) is 11.5. The van der Waals surface area contributed by atoms with Crippen molar-refractivity contribution in [1.29, 1.82) is 0 Å². The Morgan fingerprint density at radius 1 is 1.33 bits per heavy atom. The molecule has 1 aromatic carbocycles. The zero-order chi connectivity index (χ0) is 12.8. The van der Waals surface area contributed by atoms with Crippen molar-refractivity contribution >= 4 is 5.69 Å². The highest BCUT2D eigenvalue weighted by Crippen LogP contribution is 2.48. The molecule has 0 saturated heterocycles. The van der Waals surface area contributed by atoms with E-state index in [0.717, 1.165) is 18.7 Å². The molecule has 1 saturated carbocycles. The van der Waals surface area contributed by atoms with Crippen LogP contribution in [0.3, 0.4) is 0 Å². The quantitative estimate of drug-likeness (QED) is 0.545. The molecule has 18 heavy (non-hydrogen) atoms. The SMILES string of the molecule is CCCC1(CNCCCc2cccc(N)c2)CC1. The van der Waals surface area contributed by atoms with Crippen LogP contribution in [0.4, 0.5) is 5.69 Å². The Morgan fingerprint density at radius 2 is 2.17 bits per heavy atom. The van der Waals surface area contributed by atoms with Gasteiger partial charge in [0, 0.05) is 12.2 Å². The molecule has 1 aromatic rings. The van der Waals surface area contributed by atoms with Crippen LogP contribution in [0.1, 0.15) is 44.6 Å². The lowest BCUT2D eigenvalue weighted by Gasteiger charge is -2.14. The van der Waals surface area contributed by atoms with E-state index in [2.05, 4.69) is 24.4 Å². The van der Waals surface area contributed by atoms with Gasteiger partial charge in [-0.05, 0) is 61.8 Å². The van der Waals surface area contributed by atoms with Gasteiger partial charge in [0.2, 0.25) is 0 Å². The van der Waals surface area contributed by atoms with Crippen LogP contribution in [-0.2, 0) is 6.42 Å². The number of hydrogen-bond acceptors (Lipinski definition) is 2. The van der Waals surface area contributed by atoms with Crippen LogP contribution in [-0.4, -0.2) is 13.1 Å². The summed E-state index contributed by atoms with van der Waals surface area (Å²) < 4.78 is 0. The number of rotatable bonds is 8. The molecule has 3 N–H and O–H groups in total. The number of benzene rings is 1. The second kappa shape index (κ2) is 6.24. The van der Waals surface area contributed by atoms with Gasteiger partial charge < -0.3 is 11.1 Å². The molecule has 0 bridgehead atoms. The van der Waals surface area contributed by atoms with Crippen LogP contribution in [0.5, 0.6) is 0 Å². The first-order valence-electron chi connectivity index (χ1n) is 7.29. The molecule has 1 fully saturated rings. The van der Waals surface area contributed by atoms with Crippen LogP contribution in [0.2, 0.25) is 0 Å². The Hall–Kier alpha value is -1.02. The molecule has 2 rings (SSSR count). The molecule has 1 aliphatic rings. The van der Waals surface area contributed by atoms with E-state index in [-0.39, 0.29) is 0 Å². The van der Waals surface area contributed by atoms with Crippen molar-refractivity contribution in [3.8, 4) is 0 Å². The maximum absolute atomic E-state index is 5.77. The van der Waals surface area contributed by atoms with Crippen LogP contribution in [0.15, 0.2) is 24.3 Å². The Kier molecular flexibility index (Phi) is 4.65. The number of nitrogens with two attached hydrogens (primary N) is 1. The summed E-state index contributed by atoms with van der Waals surface area (Å²) in [5, 5.41) is 3.63. The first-order chi connectivity index (χ1) is 8.74. The van der Waals surface area contributed by atoms with E-state index < -0.39 is 0 Å². The Balaban J connectivity index is 1.59. The molecular formula is C16H26N2. The van der Waals surface area contributed by atoms with Crippen molar-refractivity contribution in [2.75, 3.05) is 18.8 Å². The predicted octanol–water partition coefficient (Wildman–Crippen LogP) is 3.37. The van der Waals surface area contributed by atoms with E-state index in [4.69, 9.17) is 5.73 Å². The van der Waals surface area contributed by atoms with Gasteiger partial charge >= 0.3 is 0 Å². The Labute approximate surface area is 111 Å². The lowest BCUT2D eigenvalue weighted by molar-refractivity contribution is 0.420. The highest BCUT2D eigenvalue weighted by atomic mass is 14.9. The Bertz CT molecular complexity index is 369. The second-order valence-corrected chi connectivity index (χ2v) is 5.78. The van der Waals surface area contributed by atoms with Crippen LogP contribution in [0.25, 0.3) is 0 Å².